The fourth-order valence-corrected chi connectivity index (χ4v) is 3.25. The molecule has 0 radical (unpaired) electrons. The number of alkyl halides is 1. The third-order valence-corrected chi connectivity index (χ3v) is 4.47. The van der Waals surface area contributed by atoms with Gasteiger partial charge in [0, 0.05) is 11.2 Å². The van der Waals surface area contributed by atoms with Crippen LogP contribution in [0, 0.1) is 0 Å². The summed E-state index contributed by atoms with van der Waals surface area (Å²) in [6, 6.07) is 21.3. The summed E-state index contributed by atoms with van der Waals surface area (Å²) in [6.45, 7) is 0. The Bertz CT molecular complexity index is 464. The molecule has 0 unspecified atom stereocenters. The molecular formula is C17H17BrO. The molecule has 0 saturated carbocycles. The molecule has 3 rings (SSSR count). The molecule has 0 bridgehead atoms. The summed E-state index contributed by atoms with van der Waals surface area (Å²) in [4.78, 5) is 0. The predicted octanol–water partition coefficient (Wildman–Crippen LogP) is 4.70. The molecule has 2 aromatic rings. The van der Waals surface area contributed by atoms with Crippen molar-refractivity contribution < 1.29 is 4.74 Å². The standard InChI is InChI=1S/C17H17BrO/c18-12-15-11-16(13-7-3-1-4-8-13)17(19-15)14-9-5-2-6-10-14/h1-10,15-17H,11-12H2/t15-,16+,17+/m0/s1. The summed E-state index contributed by atoms with van der Waals surface area (Å²) in [5.74, 6) is 0.450. The lowest BCUT2D eigenvalue weighted by Gasteiger charge is -2.19. The summed E-state index contributed by atoms with van der Waals surface area (Å²) in [5.41, 5.74) is 2.65. The molecule has 3 atom stereocenters. The highest BCUT2D eigenvalue weighted by Gasteiger charge is 2.36. The van der Waals surface area contributed by atoms with Gasteiger partial charge < -0.3 is 4.74 Å². The first kappa shape index (κ1) is 12.9. The lowest BCUT2D eigenvalue weighted by atomic mass is 9.88. The van der Waals surface area contributed by atoms with Gasteiger partial charge in [0.25, 0.3) is 0 Å². The zero-order valence-electron chi connectivity index (χ0n) is 10.7. The third kappa shape index (κ3) is 2.75. The Morgan fingerprint density at radius 2 is 1.47 bits per heavy atom. The van der Waals surface area contributed by atoms with E-state index < -0.39 is 0 Å². The summed E-state index contributed by atoms with van der Waals surface area (Å²) in [7, 11) is 0. The molecule has 1 saturated heterocycles. The van der Waals surface area contributed by atoms with E-state index in [0.717, 1.165) is 11.8 Å². The van der Waals surface area contributed by atoms with E-state index in [1.807, 2.05) is 0 Å². The fourth-order valence-electron chi connectivity index (χ4n) is 2.83. The first-order chi connectivity index (χ1) is 9.38. The molecule has 0 spiro atoms. The lowest BCUT2D eigenvalue weighted by Crippen LogP contribution is -2.07. The minimum Gasteiger partial charge on any atom is -0.369 e. The number of ether oxygens (including phenoxy) is 1. The summed E-state index contributed by atoms with van der Waals surface area (Å²) in [6.07, 6.45) is 1.55. The molecule has 1 aliphatic heterocycles. The Labute approximate surface area is 122 Å². The Balaban J connectivity index is 1.92. The van der Waals surface area contributed by atoms with E-state index in [0.29, 0.717) is 12.0 Å². The average Bonchev–Trinajstić information content (AvgIpc) is 2.93. The van der Waals surface area contributed by atoms with Crippen LogP contribution in [0.4, 0.5) is 0 Å². The van der Waals surface area contributed by atoms with Crippen molar-refractivity contribution in [3.63, 3.8) is 0 Å². The maximum Gasteiger partial charge on any atom is 0.0898 e. The topological polar surface area (TPSA) is 9.23 Å². The Hall–Kier alpha value is -1.12. The summed E-state index contributed by atoms with van der Waals surface area (Å²) < 4.78 is 6.22. The highest BCUT2D eigenvalue weighted by Crippen LogP contribution is 2.44. The van der Waals surface area contributed by atoms with Crippen LogP contribution in [0.25, 0.3) is 0 Å². The second-order valence-electron chi connectivity index (χ2n) is 5.00. The van der Waals surface area contributed by atoms with Crippen molar-refractivity contribution >= 4 is 15.9 Å². The molecule has 1 nitrogen and oxygen atoms in total. The average molecular weight is 317 g/mol. The smallest absolute Gasteiger partial charge is 0.0898 e. The van der Waals surface area contributed by atoms with Gasteiger partial charge in [-0.15, -0.1) is 0 Å². The number of halogens is 1. The predicted molar refractivity (Wildman–Crippen MR) is 81.7 cm³/mol. The zero-order chi connectivity index (χ0) is 13.1. The van der Waals surface area contributed by atoms with Crippen molar-refractivity contribution in [2.45, 2.75) is 24.5 Å². The fraction of sp³-hybridized carbons (Fsp3) is 0.294. The molecular weight excluding hydrogens is 300 g/mol. The molecule has 1 fully saturated rings. The zero-order valence-corrected chi connectivity index (χ0v) is 12.3. The molecule has 0 amide bonds. The van der Waals surface area contributed by atoms with Gasteiger partial charge in [-0.1, -0.05) is 76.6 Å². The van der Waals surface area contributed by atoms with Crippen LogP contribution in [-0.2, 0) is 4.74 Å². The third-order valence-electron chi connectivity index (χ3n) is 3.75. The van der Waals surface area contributed by atoms with Crippen LogP contribution in [0.2, 0.25) is 0 Å². The van der Waals surface area contributed by atoms with Gasteiger partial charge in [-0.25, -0.2) is 0 Å². The van der Waals surface area contributed by atoms with E-state index in [4.69, 9.17) is 4.74 Å². The van der Waals surface area contributed by atoms with Crippen molar-refractivity contribution in [1.82, 2.24) is 0 Å². The van der Waals surface area contributed by atoms with E-state index in [9.17, 15) is 0 Å². The van der Waals surface area contributed by atoms with Gasteiger partial charge in [0.05, 0.1) is 12.2 Å². The number of hydrogen-bond donors (Lipinski definition) is 0. The largest absolute Gasteiger partial charge is 0.369 e. The van der Waals surface area contributed by atoms with Crippen molar-refractivity contribution in [2.75, 3.05) is 5.33 Å². The molecule has 0 aromatic heterocycles. The monoisotopic (exact) mass is 316 g/mol. The molecule has 98 valence electrons. The minimum absolute atomic E-state index is 0.172. The van der Waals surface area contributed by atoms with Crippen LogP contribution in [0.5, 0.6) is 0 Å². The van der Waals surface area contributed by atoms with Gasteiger partial charge in [-0.3, -0.25) is 0 Å². The minimum atomic E-state index is 0.172. The van der Waals surface area contributed by atoms with Gasteiger partial charge in [0.2, 0.25) is 0 Å². The van der Waals surface area contributed by atoms with Crippen LogP contribution in [0.1, 0.15) is 29.6 Å². The van der Waals surface area contributed by atoms with E-state index in [1.165, 1.54) is 11.1 Å². The van der Waals surface area contributed by atoms with Crippen molar-refractivity contribution in [3.05, 3.63) is 71.8 Å². The van der Waals surface area contributed by atoms with Crippen LogP contribution in [0.3, 0.4) is 0 Å². The van der Waals surface area contributed by atoms with Gasteiger partial charge in [-0.05, 0) is 17.5 Å². The maximum atomic E-state index is 6.22. The number of benzene rings is 2. The highest BCUT2D eigenvalue weighted by molar-refractivity contribution is 9.09. The first-order valence-corrected chi connectivity index (χ1v) is 7.82. The number of hydrogen-bond acceptors (Lipinski definition) is 1. The molecule has 19 heavy (non-hydrogen) atoms. The van der Waals surface area contributed by atoms with E-state index >= 15 is 0 Å². The van der Waals surface area contributed by atoms with Crippen molar-refractivity contribution in [3.8, 4) is 0 Å². The van der Waals surface area contributed by atoms with Gasteiger partial charge in [0.1, 0.15) is 0 Å². The Morgan fingerprint density at radius 1 is 0.895 bits per heavy atom. The van der Waals surface area contributed by atoms with Crippen LogP contribution >= 0.6 is 15.9 Å². The van der Waals surface area contributed by atoms with Crippen molar-refractivity contribution in [1.29, 1.82) is 0 Å². The second kappa shape index (κ2) is 5.89. The van der Waals surface area contributed by atoms with Gasteiger partial charge in [0.15, 0.2) is 0 Å². The lowest BCUT2D eigenvalue weighted by molar-refractivity contribution is 0.0542. The highest BCUT2D eigenvalue weighted by atomic mass is 79.9. The first-order valence-electron chi connectivity index (χ1n) is 6.70. The molecule has 1 heterocycles. The van der Waals surface area contributed by atoms with Crippen molar-refractivity contribution in [2.24, 2.45) is 0 Å². The van der Waals surface area contributed by atoms with E-state index in [1.54, 1.807) is 0 Å². The van der Waals surface area contributed by atoms with Crippen LogP contribution in [0.15, 0.2) is 60.7 Å². The molecule has 0 N–H and O–H groups in total. The SMILES string of the molecule is BrC[C@@H]1C[C@H](c2ccccc2)[C@@H](c2ccccc2)O1. The normalized spacial score (nSPS) is 26.5. The Morgan fingerprint density at radius 3 is 2.05 bits per heavy atom. The summed E-state index contributed by atoms with van der Waals surface area (Å²) >= 11 is 3.55. The molecule has 2 heteroatoms. The molecule has 1 aliphatic rings. The number of rotatable bonds is 3. The van der Waals surface area contributed by atoms with Gasteiger partial charge in [-0.2, -0.15) is 0 Å². The maximum absolute atomic E-state index is 6.22. The second-order valence-corrected chi connectivity index (χ2v) is 5.64. The van der Waals surface area contributed by atoms with Gasteiger partial charge >= 0.3 is 0 Å². The van der Waals surface area contributed by atoms with Crippen LogP contribution in [-0.4, -0.2) is 11.4 Å². The molecule has 2 aromatic carbocycles. The van der Waals surface area contributed by atoms with E-state index in [2.05, 4.69) is 76.6 Å². The Kier molecular flexibility index (Phi) is 4.00. The quantitative estimate of drug-likeness (QED) is 0.746. The summed E-state index contributed by atoms with van der Waals surface area (Å²) in [5, 5.41) is 0.902. The van der Waals surface area contributed by atoms with E-state index in [-0.39, 0.29) is 6.10 Å². The van der Waals surface area contributed by atoms with Crippen LogP contribution < -0.4 is 0 Å². The molecule has 0 aliphatic carbocycles.